The van der Waals surface area contributed by atoms with E-state index < -0.39 is 0 Å². The van der Waals surface area contributed by atoms with Crippen LogP contribution in [-0.2, 0) is 0 Å². The predicted octanol–water partition coefficient (Wildman–Crippen LogP) is 4.17. The molecule has 3 nitrogen and oxygen atoms in total. The molecule has 1 aliphatic heterocycles. The molecule has 4 heteroatoms. The number of halogens is 1. The van der Waals surface area contributed by atoms with Crippen molar-refractivity contribution < 1.29 is 0 Å². The van der Waals surface area contributed by atoms with Crippen molar-refractivity contribution in [3.05, 3.63) is 35.5 Å². The zero-order chi connectivity index (χ0) is 14.8. The van der Waals surface area contributed by atoms with Crippen molar-refractivity contribution in [2.24, 2.45) is 0 Å². The Kier molecular flexibility index (Phi) is 4.32. The second-order valence-electron chi connectivity index (χ2n) is 5.96. The summed E-state index contributed by atoms with van der Waals surface area (Å²) in [4.78, 5) is 6.97. The molecule has 1 aliphatic rings. The van der Waals surface area contributed by atoms with Crippen molar-refractivity contribution in [3.8, 4) is 0 Å². The van der Waals surface area contributed by atoms with Crippen LogP contribution in [0.1, 0.15) is 26.7 Å². The Morgan fingerprint density at radius 2 is 2.00 bits per heavy atom. The Balaban J connectivity index is 1.68. The lowest BCUT2D eigenvalue weighted by Gasteiger charge is -2.26. The summed E-state index contributed by atoms with van der Waals surface area (Å²) in [5.41, 5.74) is 2.08. The molecule has 2 unspecified atom stereocenters. The van der Waals surface area contributed by atoms with E-state index in [2.05, 4.69) is 29.0 Å². The molecule has 1 N–H and O–H groups in total. The Morgan fingerprint density at radius 1 is 1.24 bits per heavy atom. The molecule has 0 spiro atoms. The molecule has 112 valence electrons. The number of hydrogen-bond acceptors (Lipinski definition) is 3. The second kappa shape index (κ2) is 6.20. The van der Waals surface area contributed by atoms with Gasteiger partial charge in [-0.2, -0.15) is 0 Å². The van der Waals surface area contributed by atoms with Crippen LogP contribution in [0.5, 0.6) is 0 Å². The standard InChI is InChI=1S/C17H22ClN3/c1-12-3-4-13(2)21(12)10-9-20-16-7-8-19-17-11-14(18)5-6-15(16)17/h5-8,11-13H,3-4,9-10H2,1-2H3,(H,19,20). The van der Waals surface area contributed by atoms with E-state index in [-0.39, 0.29) is 0 Å². The van der Waals surface area contributed by atoms with Gasteiger partial charge < -0.3 is 5.32 Å². The summed E-state index contributed by atoms with van der Waals surface area (Å²) in [5.74, 6) is 0. The van der Waals surface area contributed by atoms with E-state index >= 15 is 0 Å². The van der Waals surface area contributed by atoms with Gasteiger partial charge in [-0.3, -0.25) is 9.88 Å². The predicted molar refractivity (Wildman–Crippen MR) is 90.1 cm³/mol. The van der Waals surface area contributed by atoms with Crippen molar-refractivity contribution in [2.75, 3.05) is 18.4 Å². The maximum atomic E-state index is 6.03. The van der Waals surface area contributed by atoms with Crippen LogP contribution < -0.4 is 5.32 Å². The van der Waals surface area contributed by atoms with E-state index in [9.17, 15) is 0 Å². The minimum absolute atomic E-state index is 0.704. The lowest BCUT2D eigenvalue weighted by molar-refractivity contribution is 0.223. The molecule has 0 saturated carbocycles. The number of aromatic nitrogens is 1. The summed E-state index contributed by atoms with van der Waals surface area (Å²) in [5, 5.41) is 5.41. The minimum Gasteiger partial charge on any atom is -0.383 e. The molecule has 1 aromatic carbocycles. The van der Waals surface area contributed by atoms with Gasteiger partial charge in [0, 0.05) is 47.5 Å². The van der Waals surface area contributed by atoms with E-state index in [0.717, 1.165) is 34.7 Å². The van der Waals surface area contributed by atoms with Crippen molar-refractivity contribution >= 4 is 28.2 Å². The number of fused-ring (bicyclic) bond motifs is 1. The highest BCUT2D eigenvalue weighted by Gasteiger charge is 2.26. The first-order valence-electron chi connectivity index (χ1n) is 7.69. The van der Waals surface area contributed by atoms with Gasteiger partial charge >= 0.3 is 0 Å². The molecule has 3 rings (SSSR count). The molecule has 1 fully saturated rings. The first-order valence-corrected chi connectivity index (χ1v) is 8.07. The molecule has 21 heavy (non-hydrogen) atoms. The van der Waals surface area contributed by atoms with Gasteiger partial charge in [0.05, 0.1) is 5.52 Å². The maximum absolute atomic E-state index is 6.03. The highest BCUT2D eigenvalue weighted by molar-refractivity contribution is 6.31. The van der Waals surface area contributed by atoms with Crippen molar-refractivity contribution in [3.63, 3.8) is 0 Å². The molecule has 0 radical (unpaired) electrons. The monoisotopic (exact) mass is 303 g/mol. The first-order chi connectivity index (χ1) is 10.1. The minimum atomic E-state index is 0.704. The number of hydrogen-bond donors (Lipinski definition) is 1. The average molecular weight is 304 g/mol. The summed E-state index contributed by atoms with van der Waals surface area (Å²) in [6.07, 6.45) is 4.47. The lowest BCUT2D eigenvalue weighted by atomic mass is 10.2. The van der Waals surface area contributed by atoms with Gasteiger partial charge in [0.15, 0.2) is 0 Å². The third kappa shape index (κ3) is 3.14. The number of rotatable bonds is 4. The van der Waals surface area contributed by atoms with Gasteiger partial charge in [-0.1, -0.05) is 11.6 Å². The van der Waals surface area contributed by atoms with Crippen molar-refractivity contribution in [1.82, 2.24) is 9.88 Å². The van der Waals surface area contributed by atoms with Crippen LogP contribution in [0.15, 0.2) is 30.5 Å². The highest BCUT2D eigenvalue weighted by Crippen LogP contribution is 2.25. The number of pyridine rings is 1. The summed E-state index contributed by atoms with van der Waals surface area (Å²) in [7, 11) is 0. The van der Waals surface area contributed by atoms with Gasteiger partial charge in [0.2, 0.25) is 0 Å². The van der Waals surface area contributed by atoms with Crippen LogP contribution >= 0.6 is 11.6 Å². The molecular weight excluding hydrogens is 282 g/mol. The fourth-order valence-electron chi connectivity index (χ4n) is 3.28. The number of likely N-dealkylation sites (tertiary alicyclic amines) is 1. The topological polar surface area (TPSA) is 28.2 Å². The molecular formula is C17H22ClN3. The van der Waals surface area contributed by atoms with E-state index in [1.54, 1.807) is 0 Å². The summed E-state index contributed by atoms with van der Waals surface area (Å²) in [6, 6.07) is 9.31. The molecule has 1 saturated heterocycles. The molecule has 2 heterocycles. The number of nitrogens with zero attached hydrogens (tertiary/aromatic N) is 2. The number of nitrogens with one attached hydrogen (secondary N) is 1. The molecule has 0 amide bonds. The normalized spacial score (nSPS) is 22.8. The Bertz CT molecular complexity index is 618. The zero-order valence-electron chi connectivity index (χ0n) is 12.6. The Morgan fingerprint density at radius 3 is 2.76 bits per heavy atom. The van der Waals surface area contributed by atoms with E-state index in [4.69, 9.17) is 11.6 Å². The fourth-order valence-corrected chi connectivity index (χ4v) is 3.45. The molecule has 1 aromatic heterocycles. The number of benzene rings is 1. The van der Waals surface area contributed by atoms with Crippen LogP contribution in [0.3, 0.4) is 0 Å². The first kappa shape index (κ1) is 14.6. The van der Waals surface area contributed by atoms with E-state index in [1.165, 1.54) is 12.8 Å². The van der Waals surface area contributed by atoms with Gasteiger partial charge in [0.1, 0.15) is 0 Å². The average Bonchev–Trinajstić information content (AvgIpc) is 2.78. The third-order valence-corrected chi connectivity index (χ3v) is 4.76. The summed E-state index contributed by atoms with van der Waals surface area (Å²) < 4.78 is 0. The van der Waals surface area contributed by atoms with Gasteiger partial charge in [-0.05, 0) is 51.0 Å². The zero-order valence-corrected chi connectivity index (χ0v) is 13.4. The molecule has 0 aliphatic carbocycles. The van der Waals surface area contributed by atoms with Crippen molar-refractivity contribution in [2.45, 2.75) is 38.8 Å². The largest absolute Gasteiger partial charge is 0.383 e. The summed E-state index contributed by atoms with van der Waals surface area (Å²) in [6.45, 7) is 6.69. The van der Waals surface area contributed by atoms with Crippen LogP contribution in [0.25, 0.3) is 10.9 Å². The van der Waals surface area contributed by atoms with Crippen LogP contribution in [-0.4, -0.2) is 35.1 Å². The number of anilines is 1. The molecule has 2 atom stereocenters. The Hall–Kier alpha value is -1.32. The van der Waals surface area contributed by atoms with Crippen LogP contribution in [0.4, 0.5) is 5.69 Å². The van der Waals surface area contributed by atoms with Crippen molar-refractivity contribution in [1.29, 1.82) is 0 Å². The SMILES string of the molecule is CC1CCC(C)N1CCNc1ccnc2cc(Cl)ccc12. The van der Waals surface area contributed by atoms with Gasteiger partial charge in [-0.25, -0.2) is 0 Å². The van der Waals surface area contributed by atoms with Crippen LogP contribution in [0, 0.1) is 0 Å². The second-order valence-corrected chi connectivity index (χ2v) is 6.40. The maximum Gasteiger partial charge on any atom is 0.0737 e. The Labute approximate surface area is 131 Å². The smallest absolute Gasteiger partial charge is 0.0737 e. The third-order valence-electron chi connectivity index (χ3n) is 4.52. The fraction of sp³-hybridized carbons (Fsp3) is 0.471. The highest BCUT2D eigenvalue weighted by atomic mass is 35.5. The van der Waals surface area contributed by atoms with E-state index in [0.29, 0.717) is 12.1 Å². The quantitative estimate of drug-likeness (QED) is 0.918. The summed E-state index contributed by atoms with van der Waals surface area (Å²) >= 11 is 6.03. The van der Waals surface area contributed by atoms with E-state index in [1.807, 2.05) is 30.5 Å². The van der Waals surface area contributed by atoms with Gasteiger partial charge in [-0.15, -0.1) is 0 Å². The van der Waals surface area contributed by atoms with Gasteiger partial charge in [0.25, 0.3) is 0 Å². The van der Waals surface area contributed by atoms with Crippen LogP contribution in [0.2, 0.25) is 5.02 Å². The molecule has 2 aromatic rings. The lowest BCUT2D eigenvalue weighted by Crippen LogP contribution is -2.36. The molecule has 0 bridgehead atoms.